The summed E-state index contributed by atoms with van der Waals surface area (Å²) in [5.41, 5.74) is 1.19. The fourth-order valence-electron chi connectivity index (χ4n) is 2.20. The number of sulfonamides is 1. The van der Waals surface area contributed by atoms with Gasteiger partial charge in [-0.05, 0) is 18.2 Å². The lowest BCUT2D eigenvalue weighted by Gasteiger charge is -2.21. The molecule has 0 aliphatic heterocycles. The number of alkyl halides is 3. The molecule has 0 bridgehead atoms. The fraction of sp³-hybridized carbons (Fsp3) is 0.176. The van der Waals surface area contributed by atoms with Crippen molar-refractivity contribution in [2.24, 2.45) is 5.10 Å². The Labute approximate surface area is 154 Å². The van der Waals surface area contributed by atoms with Crippen molar-refractivity contribution >= 4 is 27.8 Å². The zero-order valence-corrected chi connectivity index (χ0v) is 15.0. The molecule has 0 radical (unpaired) electrons. The van der Waals surface area contributed by atoms with Crippen molar-refractivity contribution in [2.75, 3.05) is 17.1 Å². The van der Waals surface area contributed by atoms with E-state index in [1.54, 1.807) is 18.2 Å². The number of nitrogens with zero attached hydrogens (tertiary/aromatic N) is 2. The zero-order chi connectivity index (χ0) is 20.1. The van der Waals surface area contributed by atoms with Gasteiger partial charge in [-0.2, -0.15) is 18.3 Å². The van der Waals surface area contributed by atoms with Crippen LogP contribution >= 0.6 is 0 Å². The summed E-state index contributed by atoms with van der Waals surface area (Å²) in [7, 11) is -3.74. The Balaban J connectivity index is 2.11. The molecule has 2 aromatic carbocycles. The summed E-state index contributed by atoms with van der Waals surface area (Å²) >= 11 is 0. The fourth-order valence-corrected chi connectivity index (χ4v) is 3.06. The highest BCUT2D eigenvalue weighted by atomic mass is 32.2. The monoisotopic (exact) mass is 399 g/mol. The van der Waals surface area contributed by atoms with Gasteiger partial charge in [-0.15, -0.1) is 0 Å². The molecule has 0 atom stereocenters. The molecule has 0 aliphatic carbocycles. The minimum Gasteiger partial charge on any atom is -0.271 e. The Bertz CT molecular complexity index is 929. The van der Waals surface area contributed by atoms with E-state index in [2.05, 4.69) is 5.10 Å². The van der Waals surface area contributed by atoms with Gasteiger partial charge in [0.15, 0.2) is 0 Å². The number of carbonyl (C=O) groups is 1. The normalized spacial score (nSPS) is 12.1. The number of hydrazone groups is 1. The number of nitrogens with one attached hydrogen (secondary N) is 1. The van der Waals surface area contributed by atoms with E-state index in [0.717, 1.165) is 22.8 Å². The van der Waals surface area contributed by atoms with Crippen LogP contribution in [-0.4, -0.2) is 33.3 Å². The quantitative estimate of drug-likeness (QED) is 0.599. The van der Waals surface area contributed by atoms with Crippen molar-refractivity contribution in [1.29, 1.82) is 0 Å². The molecule has 10 heteroatoms. The largest absolute Gasteiger partial charge is 0.417 e. The lowest BCUT2D eigenvalue weighted by molar-refractivity contribution is -0.137. The Morgan fingerprint density at radius 3 is 2.30 bits per heavy atom. The molecular weight excluding hydrogens is 383 g/mol. The molecule has 27 heavy (non-hydrogen) atoms. The van der Waals surface area contributed by atoms with Crippen LogP contribution in [0.1, 0.15) is 11.1 Å². The second kappa shape index (κ2) is 8.21. The molecule has 0 saturated heterocycles. The number of hydrogen-bond donors (Lipinski definition) is 1. The summed E-state index contributed by atoms with van der Waals surface area (Å²) in [4.78, 5) is 12.0. The number of halogens is 3. The number of anilines is 1. The highest BCUT2D eigenvalue weighted by Crippen LogP contribution is 2.31. The summed E-state index contributed by atoms with van der Waals surface area (Å²) in [6.07, 6.45) is -2.77. The molecule has 6 nitrogen and oxygen atoms in total. The molecule has 144 valence electrons. The van der Waals surface area contributed by atoms with Gasteiger partial charge in [0.05, 0.1) is 23.7 Å². The molecule has 0 fully saturated rings. The third kappa shape index (κ3) is 5.81. The zero-order valence-electron chi connectivity index (χ0n) is 14.1. The lowest BCUT2D eigenvalue weighted by Crippen LogP contribution is -2.39. The molecule has 0 aromatic heterocycles. The number of hydrogen-bond acceptors (Lipinski definition) is 4. The van der Waals surface area contributed by atoms with Crippen molar-refractivity contribution in [3.8, 4) is 0 Å². The molecule has 2 rings (SSSR count). The number of amides is 1. The van der Waals surface area contributed by atoms with Gasteiger partial charge >= 0.3 is 6.18 Å². The van der Waals surface area contributed by atoms with E-state index < -0.39 is 34.2 Å². The van der Waals surface area contributed by atoms with Crippen LogP contribution in [0.25, 0.3) is 0 Å². The van der Waals surface area contributed by atoms with E-state index in [4.69, 9.17) is 0 Å². The van der Waals surface area contributed by atoms with Crippen LogP contribution in [-0.2, 0) is 21.0 Å². The first kappa shape index (κ1) is 20.4. The highest BCUT2D eigenvalue weighted by Gasteiger charge is 2.32. The maximum atomic E-state index is 12.9. The molecule has 1 amide bonds. The third-order valence-corrected chi connectivity index (χ3v) is 4.53. The average Bonchev–Trinajstić information content (AvgIpc) is 2.59. The van der Waals surface area contributed by atoms with Crippen LogP contribution in [0.3, 0.4) is 0 Å². The van der Waals surface area contributed by atoms with Gasteiger partial charge in [0, 0.05) is 5.56 Å². The summed E-state index contributed by atoms with van der Waals surface area (Å²) in [5, 5.41) is 3.50. The summed E-state index contributed by atoms with van der Waals surface area (Å²) < 4.78 is 63.4. The third-order valence-electron chi connectivity index (χ3n) is 3.39. The Morgan fingerprint density at radius 1 is 1.11 bits per heavy atom. The van der Waals surface area contributed by atoms with Crippen LogP contribution in [0.15, 0.2) is 59.7 Å². The summed E-state index contributed by atoms with van der Waals surface area (Å²) in [6, 6.07) is 12.7. The maximum absolute atomic E-state index is 12.9. The predicted molar refractivity (Wildman–Crippen MR) is 95.8 cm³/mol. The molecule has 0 aliphatic rings. The van der Waals surface area contributed by atoms with E-state index in [0.29, 0.717) is 0 Å². The van der Waals surface area contributed by atoms with Crippen molar-refractivity contribution < 1.29 is 26.4 Å². The van der Waals surface area contributed by atoms with Crippen LogP contribution in [0.2, 0.25) is 0 Å². The minimum absolute atomic E-state index is 0.228. The second-order valence-corrected chi connectivity index (χ2v) is 7.39. The van der Waals surface area contributed by atoms with Crippen LogP contribution in [0, 0.1) is 0 Å². The van der Waals surface area contributed by atoms with E-state index in [1.807, 2.05) is 5.43 Å². The van der Waals surface area contributed by atoms with Gasteiger partial charge in [-0.25, -0.2) is 13.8 Å². The van der Waals surface area contributed by atoms with Crippen LogP contribution in [0.5, 0.6) is 0 Å². The van der Waals surface area contributed by atoms with E-state index >= 15 is 0 Å². The van der Waals surface area contributed by atoms with Crippen molar-refractivity contribution in [3.63, 3.8) is 0 Å². The molecular formula is C17H16F3N3O3S. The minimum atomic E-state index is -4.56. The standard InChI is InChI=1S/C17H16F3N3O3S/c1-27(25,26)23(14-8-3-2-4-9-14)12-16(24)22-21-11-13-7-5-6-10-15(13)17(18,19)20/h2-11H,12H2,1H3,(H,22,24)/b21-11-. The Morgan fingerprint density at radius 2 is 1.70 bits per heavy atom. The average molecular weight is 399 g/mol. The molecule has 0 saturated carbocycles. The summed E-state index contributed by atoms with van der Waals surface area (Å²) in [6.45, 7) is -0.568. The van der Waals surface area contributed by atoms with Crippen molar-refractivity contribution in [3.05, 3.63) is 65.7 Å². The highest BCUT2D eigenvalue weighted by molar-refractivity contribution is 7.92. The first-order valence-corrected chi connectivity index (χ1v) is 9.45. The maximum Gasteiger partial charge on any atom is 0.417 e. The van der Waals surface area contributed by atoms with Gasteiger partial charge in [0.2, 0.25) is 10.0 Å². The number of para-hydroxylation sites is 1. The van der Waals surface area contributed by atoms with E-state index in [1.165, 1.54) is 30.3 Å². The van der Waals surface area contributed by atoms with Gasteiger partial charge < -0.3 is 0 Å². The first-order chi connectivity index (χ1) is 12.6. The van der Waals surface area contributed by atoms with Crippen molar-refractivity contribution in [1.82, 2.24) is 5.43 Å². The molecule has 2 aromatic rings. The Hall–Kier alpha value is -2.88. The summed E-state index contributed by atoms with van der Waals surface area (Å²) in [5.74, 6) is -0.801. The topological polar surface area (TPSA) is 78.8 Å². The molecule has 0 unspecified atom stereocenters. The lowest BCUT2D eigenvalue weighted by atomic mass is 10.1. The van der Waals surface area contributed by atoms with E-state index in [9.17, 15) is 26.4 Å². The van der Waals surface area contributed by atoms with Gasteiger partial charge in [0.25, 0.3) is 5.91 Å². The number of rotatable bonds is 6. The van der Waals surface area contributed by atoms with Gasteiger partial charge in [-0.1, -0.05) is 36.4 Å². The van der Waals surface area contributed by atoms with Gasteiger partial charge in [0.1, 0.15) is 6.54 Å². The molecule has 1 N–H and O–H groups in total. The SMILES string of the molecule is CS(=O)(=O)N(CC(=O)N/N=C\c1ccccc1C(F)(F)F)c1ccccc1. The number of benzene rings is 2. The van der Waals surface area contributed by atoms with Crippen LogP contribution in [0.4, 0.5) is 18.9 Å². The van der Waals surface area contributed by atoms with Crippen LogP contribution < -0.4 is 9.73 Å². The van der Waals surface area contributed by atoms with Gasteiger partial charge in [-0.3, -0.25) is 9.10 Å². The molecule has 0 heterocycles. The van der Waals surface area contributed by atoms with Crippen molar-refractivity contribution in [2.45, 2.75) is 6.18 Å². The Kier molecular flexibility index (Phi) is 6.21. The smallest absolute Gasteiger partial charge is 0.271 e. The van der Waals surface area contributed by atoms with E-state index in [-0.39, 0.29) is 11.3 Å². The molecule has 0 spiro atoms. The predicted octanol–water partition coefficient (Wildman–Crippen LogP) is 2.62. The first-order valence-electron chi connectivity index (χ1n) is 7.60. The second-order valence-electron chi connectivity index (χ2n) is 5.48. The number of carbonyl (C=O) groups excluding carboxylic acids is 1.